The highest BCUT2D eigenvalue weighted by atomic mass is 16.3. The molecule has 3 heterocycles. The Morgan fingerprint density at radius 3 is 2.66 bits per heavy atom. The second-order valence-electron chi connectivity index (χ2n) is 6.13. The molecule has 29 heavy (non-hydrogen) atoms. The predicted molar refractivity (Wildman–Crippen MR) is 105 cm³/mol. The average Bonchev–Trinajstić information content (AvgIpc) is 3.44. The summed E-state index contributed by atoms with van der Waals surface area (Å²) in [5.74, 6) is -0.117. The Labute approximate surface area is 165 Å². The van der Waals surface area contributed by atoms with E-state index in [0.717, 1.165) is 5.56 Å². The average molecular weight is 388 g/mol. The summed E-state index contributed by atoms with van der Waals surface area (Å²) in [7, 11) is 0. The summed E-state index contributed by atoms with van der Waals surface area (Å²) in [6.07, 6.45) is 5.90. The third-order valence-electron chi connectivity index (χ3n) is 4.16. The number of pyridine rings is 1. The van der Waals surface area contributed by atoms with Gasteiger partial charge in [0.2, 0.25) is 0 Å². The van der Waals surface area contributed by atoms with Crippen LogP contribution in [0, 0.1) is 6.92 Å². The van der Waals surface area contributed by atoms with Gasteiger partial charge in [-0.05, 0) is 48.9 Å². The van der Waals surface area contributed by atoms with Gasteiger partial charge in [0.15, 0.2) is 11.6 Å². The summed E-state index contributed by atoms with van der Waals surface area (Å²) < 4.78 is 6.56. The third-order valence-corrected chi connectivity index (χ3v) is 4.16. The molecule has 0 aliphatic heterocycles. The molecule has 0 atom stereocenters. The lowest BCUT2D eigenvalue weighted by Crippen LogP contribution is -2.16. The molecule has 0 aliphatic rings. The zero-order valence-electron chi connectivity index (χ0n) is 15.4. The molecule has 0 aliphatic carbocycles. The van der Waals surface area contributed by atoms with Crippen molar-refractivity contribution in [3.63, 3.8) is 0 Å². The highest BCUT2D eigenvalue weighted by Gasteiger charge is 2.15. The molecule has 0 bridgehead atoms. The van der Waals surface area contributed by atoms with Crippen LogP contribution in [-0.4, -0.2) is 31.6 Å². The van der Waals surface area contributed by atoms with Crippen molar-refractivity contribution < 1.29 is 14.0 Å². The van der Waals surface area contributed by atoms with Crippen LogP contribution in [0.4, 0.5) is 11.4 Å². The van der Waals surface area contributed by atoms with Crippen LogP contribution in [0.3, 0.4) is 0 Å². The van der Waals surface area contributed by atoms with Crippen molar-refractivity contribution in [1.29, 1.82) is 0 Å². The Bertz CT molecular complexity index is 1150. The predicted octanol–water partition coefficient (Wildman–Crippen LogP) is 3.07. The number of furan rings is 1. The second kappa shape index (κ2) is 7.77. The maximum absolute atomic E-state index is 12.8. The highest BCUT2D eigenvalue weighted by molar-refractivity contribution is 6.07. The monoisotopic (exact) mass is 388 g/mol. The molecule has 4 aromatic rings. The number of hydrogen-bond acceptors (Lipinski definition) is 6. The molecule has 0 radical (unpaired) electrons. The summed E-state index contributed by atoms with van der Waals surface area (Å²) >= 11 is 0. The maximum Gasteiger partial charge on any atom is 0.291 e. The lowest BCUT2D eigenvalue weighted by Gasteiger charge is -2.12. The van der Waals surface area contributed by atoms with E-state index in [-0.39, 0.29) is 11.7 Å². The van der Waals surface area contributed by atoms with Crippen LogP contribution < -0.4 is 10.6 Å². The number of amides is 2. The molecule has 0 saturated heterocycles. The van der Waals surface area contributed by atoms with Crippen molar-refractivity contribution in [2.45, 2.75) is 6.92 Å². The van der Waals surface area contributed by atoms with Gasteiger partial charge >= 0.3 is 0 Å². The van der Waals surface area contributed by atoms with Crippen LogP contribution in [0.1, 0.15) is 26.5 Å². The minimum Gasteiger partial charge on any atom is -0.459 e. The first-order valence-electron chi connectivity index (χ1n) is 8.69. The maximum atomic E-state index is 12.8. The fourth-order valence-electron chi connectivity index (χ4n) is 2.68. The number of hydrogen-bond donors (Lipinski definition) is 2. The standard InChI is InChI=1S/C20H16N6O3/c1-13-6-7-14(10-16(13)25-20(28)17-5-3-9-29-17)19(27)24-15-4-2-8-22-18(15)26-12-21-11-23-26/h2-12H,1H3,(H,24,27)(H,25,28). The van der Waals surface area contributed by atoms with E-state index in [1.54, 1.807) is 48.7 Å². The van der Waals surface area contributed by atoms with Crippen LogP contribution in [0.15, 0.2) is 72.0 Å². The SMILES string of the molecule is Cc1ccc(C(=O)Nc2cccnc2-n2cncn2)cc1NC(=O)c1ccco1. The molecular formula is C20H16N6O3. The number of anilines is 2. The number of rotatable bonds is 5. The molecule has 9 heteroatoms. The molecule has 144 valence electrons. The number of aromatic nitrogens is 4. The van der Waals surface area contributed by atoms with Gasteiger partial charge in [-0.25, -0.2) is 14.6 Å². The lowest BCUT2D eigenvalue weighted by atomic mass is 10.1. The Hall–Kier alpha value is -4.27. The topological polar surface area (TPSA) is 115 Å². The van der Waals surface area contributed by atoms with Gasteiger partial charge in [-0.1, -0.05) is 6.07 Å². The van der Waals surface area contributed by atoms with Gasteiger partial charge in [-0.3, -0.25) is 9.59 Å². The molecular weight excluding hydrogens is 372 g/mol. The van der Waals surface area contributed by atoms with Crippen LogP contribution in [-0.2, 0) is 0 Å². The van der Waals surface area contributed by atoms with Crippen molar-refractivity contribution in [2.75, 3.05) is 10.6 Å². The zero-order chi connectivity index (χ0) is 20.2. The van der Waals surface area contributed by atoms with Gasteiger partial charge in [0, 0.05) is 17.4 Å². The Kier molecular flexibility index (Phi) is 4.85. The molecule has 0 fully saturated rings. The summed E-state index contributed by atoms with van der Waals surface area (Å²) in [5.41, 5.74) is 2.18. The summed E-state index contributed by atoms with van der Waals surface area (Å²) in [6.45, 7) is 1.84. The van der Waals surface area contributed by atoms with Gasteiger partial charge in [0.05, 0.1) is 12.0 Å². The van der Waals surface area contributed by atoms with Crippen LogP contribution >= 0.6 is 0 Å². The Balaban J connectivity index is 1.57. The van der Waals surface area contributed by atoms with Gasteiger partial charge in [-0.2, -0.15) is 5.10 Å². The van der Waals surface area contributed by atoms with Crippen molar-refractivity contribution in [3.8, 4) is 5.82 Å². The van der Waals surface area contributed by atoms with Crippen molar-refractivity contribution in [2.24, 2.45) is 0 Å². The van der Waals surface area contributed by atoms with Gasteiger partial charge in [-0.15, -0.1) is 0 Å². The number of carbonyl (C=O) groups is 2. The van der Waals surface area contributed by atoms with E-state index in [2.05, 4.69) is 25.7 Å². The van der Waals surface area contributed by atoms with Crippen LogP contribution in [0.5, 0.6) is 0 Å². The fourth-order valence-corrected chi connectivity index (χ4v) is 2.68. The number of nitrogens with zero attached hydrogens (tertiary/aromatic N) is 4. The second-order valence-corrected chi connectivity index (χ2v) is 6.13. The first kappa shape index (κ1) is 18.1. The van der Waals surface area contributed by atoms with Gasteiger partial charge in [0.25, 0.3) is 11.8 Å². The first-order chi connectivity index (χ1) is 14.1. The normalized spacial score (nSPS) is 10.5. The summed E-state index contributed by atoms with van der Waals surface area (Å²) in [6, 6.07) is 11.7. The first-order valence-corrected chi connectivity index (χ1v) is 8.69. The molecule has 0 unspecified atom stereocenters. The molecule has 2 N–H and O–H groups in total. The zero-order valence-corrected chi connectivity index (χ0v) is 15.4. The molecule has 0 saturated carbocycles. The quantitative estimate of drug-likeness (QED) is 0.543. The van der Waals surface area contributed by atoms with E-state index < -0.39 is 5.91 Å². The van der Waals surface area contributed by atoms with E-state index in [1.807, 2.05) is 6.92 Å². The number of aryl methyl sites for hydroxylation is 1. The van der Waals surface area contributed by atoms with Crippen LogP contribution in [0.2, 0.25) is 0 Å². The van der Waals surface area contributed by atoms with Crippen LogP contribution in [0.25, 0.3) is 5.82 Å². The van der Waals surface area contributed by atoms with Crippen molar-refractivity contribution >= 4 is 23.2 Å². The fraction of sp³-hybridized carbons (Fsp3) is 0.0500. The molecule has 3 aromatic heterocycles. The Morgan fingerprint density at radius 2 is 1.90 bits per heavy atom. The van der Waals surface area contributed by atoms with E-state index >= 15 is 0 Å². The molecule has 2 amide bonds. The van der Waals surface area contributed by atoms with Crippen molar-refractivity contribution in [3.05, 3.63) is 84.5 Å². The van der Waals surface area contributed by atoms with E-state index in [0.29, 0.717) is 22.8 Å². The largest absolute Gasteiger partial charge is 0.459 e. The molecule has 0 spiro atoms. The molecule has 4 rings (SSSR count). The van der Waals surface area contributed by atoms with Crippen molar-refractivity contribution in [1.82, 2.24) is 19.7 Å². The number of carbonyl (C=O) groups excluding carboxylic acids is 2. The van der Waals surface area contributed by atoms with Gasteiger partial charge < -0.3 is 15.1 Å². The lowest BCUT2D eigenvalue weighted by molar-refractivity contribution is 0.0993. The van der Waals surface area contributed by atoms with E-state index in [4.69, 9.17) is 4.42 Å². The molecule has 9 nitrogen and oxygen atoms in total. The molecule has 1 aromatic carbocycles. The third kappa shape index (κ3) is 3.88. The minimum absolute atomic E-state index is 0.187. The summed E-state index contributed by atoms with van der Waals surface area (Å²) in [4.78, 5) is 33.2. The number of benzene rings is 1. The van der Waals surface area contributed by atoms with Gasteiger partial charge in [0.1, 0.15) is 12.7 Å². The summed E-state index contributed by atoms with van der Waals surface area (Å²) in [5, 5.41) is 9.62. The van der Waals surface area contributed by atoms with E-state index in [9.17, 15) is 9.59 Å². The van der Waals surface area contributed by atoms with E-state index in [1.165, 1.54) is 23.6 Å². The number of nitrogens with one attached hydrogen (secondary N) is 2. The highest BCUT2D eigenvalue weighted by Crippen LogP contribution is 2.21. The smallest absolute Gasteiger partial charge is 0.291 e. The Morgan fingerprint density at radius 1 is 1.03 bits per heavy atom. The minimum atomic E-state index is -0.392.